The van der Waals surface area contributed by atoms with E-state index in [2.05, 4.69) is 9.97 Å². The molecule has 0 spiro atoms. The van der Waals surface area contributed by atoms with E-state index in [-0.39, 0.29) is 0 Å². The van der Waals surface area contributed by atoms with Crippen LogP contribution in [0.15, 0.2) is 52.9 Å². The van der Waals surface area contributed by atoms with Crippen LogP contribution >= 0.6 is 11.6 Å². The van der Waals surface area contributed by atoms with Crippen molar-refractivity contribution in [3.8, 4) is 17.3 Å². The molecule has 0 amide bonds. The van der Waals surface area contributed by atoms with Gasteiger partial charge in [-0.05, 0) is 25.1 Å². The Balaban J connectivity index is 1.65. The third kappa shape index (κ3) is 3.46. The molecule has 0 atom stereocenters. The van der Waals surface area contributed by atoms with Gasteiger partial charge >= 0.3 is 0 Å². The van der Waals surface area contributed by atoms with Gasteiger partial charge < -0.3 is 9.15 Å². The predicted molar refractivity (Wildman–Crippen MR) is 85.1 cm³/mol. The van der Waals surface area contributed by atoms with Gasteiger partial charge in [0.15, 0.2) is 0 Å². The Hall–Kier alpha value is -2.33. The van der Waals surface area contributed by atoms with Crippen molar-refractivity contribution in [1.29, 1.82) is 0 Å². The van der Waals surface area contributed by atoms with E-state index < -0.39 is 0 Å². The van der Waals surface area contributed by atoms with Crippen molar-refractivity contribution in [2.75, 3.05) is 6.61 Å². The molecule has 0 radical (unpaired) electrons. The summed E-state index contributed by atoms with van der Waals surface area (Å²) in [6, 6.07) is 15.1. The zero-order valence-electron chi connectivity index (χ0n) is 12.1. The molecule has 0 aliphatic carbocycles. The first kappa shape index (κ1) is 14.6. The quantitative estimate of drug-likeness (QED) is 0.658. The fourth-order valence-corrected chi connectivity index (χ4v) is 2.24. The van der Waals surface area contributed by atoms with E-state index >= 15 is 0 Å². The summed E-state index contributed by atoms with van der Waals surface area (Å²) in [5.41, 5.74) is 1.86. The molecule has 3 aromatic rings. The summed E-state index contributed by atoms with van der Waals surface area (Å²) in [5, 5.41) is 0.418. The van der Waals surface area contributed by atoms with Gasteiger partial charge in [-0.15, -0.1) is 0 Å². The number of pyridine rings is 1. The number of aromatic nitrogens is 2. The number of oxazole rings is 1. The smallest absolute Gasteiger partial charge is 0.226 e. The third-order valence-corrected chi connectivity index (χ3v) is 3.40. The number of rotatable bonds is 5. The van der Waals surface area contributed by atoms with Gasteiger partial charge in [-0.2, -0.15) is 0 Å². The molecule has 0 saturated carbocycles. The highest BCUT2D eigenvalue weighted by Gasteiger charge is 2.11. The van der Waals surface area contributed by atoms with E-state index in [0.717, 1.165) is 17.0 Å². The average molecular weight is 315 g/mol. The summed E-state index contributed by atoms with van der Waals surface area (Å²) in [7, 11) is 0. The van der Waals surface area contributed by atoms with Crippen LogP contribution in [0.1, 0.15) is 11.5 Å². The van der Waals surface area contributed by atoms with Crippen LogP contribution in [0.4, 0.5) is 0 Å². The molecule has 2 heterocycles. The van der Waals surface area contributed by atoms with Crippen LogP contribution in [0, 0.1) is 6.92 Å². The molecule has 0 aliphatic rings. The number of nitrogens with zero attached hydrogens (tertiary/aromatic N) is 2. The van der Waals surface area contributed by atoms with Crippen molar-refractivity contribution in [3.63, 3.8) is 0 Å². The molecular weight excluding hydrogens is 300 g/mol. The minimum Gasteiger partial charge on any atom is -0.477 e. The number of halogens is 1. The summed E-state index contributed by atoms with van der Waals surface area (Å²) in [6.45, 7) is 2.38. The molecule has 0 aliphatic heterocycles. The van der Waals surface area contributed by atoms with E-state index in [0.29, 0.717) is 30.0 Å². The van der Waals surface area contributed by atoms with Crippen molar-refractivity contribution in [3.05, 3.63) is 65.1 Å². The highest BCUT2D eigenvalue weighted by atomic mass is 35.5. The summed E-state index contributed by atoms with van der Waals surface area (Å²) >= 11 is 5.82. The minimum atomic E-state index is 0.418. The second kappa shape index (κ2) is 6.62. The van der Waals surface area contributed by atoms with Crippen molar-refractivity contribution in [2.45, 2.75) is 13.3 Å². The van der Waals surface area contributed by atoms with Gasteiger partial charge in [0.1, 0.15) is 10.9 Å². The van der Waals surface area contributed by atoms with Crippen LogP contribution < -0.4 is 4.74 Å². The van der Waals surface area contributed by atoms with Gasteiger partial charge in [0.25, 0.3) is 0 Å². The maximum Gasteiger partial charge on any atom is 0.226 e. The standard InChI is InChI=1S/C17H15ClN2O2/c1-12-14(10-11-21-16-9-5-8-15(18)20-16)19-17(22-12)13-6-3-2-4-7-13/h2-9H,10-11H2,1H3. The first-order valence-electron chi connectivity index (χ1n) is 6.99. The SMILES string of the molecule is Cc1oc(-c2ccccc2)nc1CCOc1cccc(Cl)n1. The molecule has 5 heteroatoms. The van der Waals surface area contributed by atoms with Gasteiger partial charge in [0, 0.05) is 18.1 Å². The molecule has 3 rings (SSSR count). The third-order valence-electron chi connectivity index (χ3n) is 3.19. The highest BCUT2D eigenvalue weighted by Crippen LogP contribution is 2.21. The van der Waals surface area contributed by atoms with Crippen molar-refractivity contribution in [2.24, 2.45) is 0 Å². The van der Waals surface area contributed by atoms with Crippen LogP contribution in [0.3, 0.4) is 0 Å². The monoisotopic (exact) mass is 314 g/mol. The van der Waals surface area contributed by atoms with Crippen molar-refractivity contribution < 1.29 is 9.15 Å². The Morgan fingerprint density at radius 1 is 1.05 bits per heavy atom. The van der Waals surface area contributed by atoms with Crippen LogP contribution in [0.2, 0.25) is 5.15 Å². The van der Waals surface area contributed by atoms with Crippen molar-refractivity contribution >= 4 is 11.6 Å². The van der Waals surface area contributed by atoms with Gasteiger partial charge in [-0.1, -0.05) is 35.9 Å². The predicted octanol–water partition coefficient (Wildman–Crippen LogP) is 4.32. The lowest BCUT2D eigenvalue weighted by molar-refractivity contribution is 0.307. The first-order valence-corrected chi connectivity index (χ1v) is 7.37. The van der Waals surface area contributed by atoms with E-state index in [9.17, 15) is 0 Å². The van der Waals surface area contributed by atoms with Crippen LogP contribution in [0.5, 0.6) is 5.88 Å². The Kier molecular flexibility index (Phi) is 4.39. The fraction of sp³-hybridized carbons (Fsp3) is 0.176. The molecule has 22 heavy (non-hydrogen) atoms. The zero-order valence-corrected chi connectivity index (χ0v) is 12.9. The number of benzene rings is 1. The molecule has 0 N–H and O–H groups in total. The number of hydrogen-bond donors (Lipinski definition) is 0. The Morgan fingerprint density at radius 3 is 2.64 bits per heavy atom. The van der Waals surface area contributed by atoms with Gasteiger partial charge in [-0.3, -0.25) is 0 Å². The maximum absolute atomic E-state index is 5.82. The van der Waals surface area contributed by atoms with Crippen LogP contribution in [0.25, 0.3) is 11.5 Å². The second-order valence-electron chi connectivity index (χ2n) is 4.78. The normalized spacial score (nSPS) is 10.6. The second-order valence-corrected chi connectivity index (χ2v) is 5.17. The lowest BCUT2D eigenvalue weighted by Crippen LogP contribution is -2.03. The highest BCUT2D eigenvalue weighted by molar-refractivity contribution is 6.29. The summed E-state index contributed by atoms with van der Waals surface area (Å²) in [4.78, 5) is 8.61. The summed E-state index contributed by atoms with van der Waals surface area (Å²) in [6.07, 6.45) is 0.649. The van der Waals surface area contributed by atoms with Crippen LogP contribution in [-0.4, -0.2) is 16.6 Å². The largest absolute Gasteiger partial charge is 0.477 e. The molecular formula is C17H15ClN2O2. The molecule has 2 aromatic heterocycles. The Bertz CT molecular complexity index is 756. The molecule has 0 fully saturated rings. The minimum absolute atomic E-state index is 0.418. The molecule has 0 unspecified atom stereocenters. The Labute approximate surface area is 133 Å². The Morgan fingerprint density at radius 2 is 1.86 bits per heavy atom. The zero-order chi connectivity index (χ0) is 15.4. The van der Waals surface area contributed by atoms with Gasteiger partial charge in [-0.25, -0.2) is 9.97 Å². The summed E-state index contributed by atoms with van der Waals surface area (Å²) < 4.78 is 11.3. The number of hydrogen-bond acceptors (Lipinski definition) is 4. The van der Waals surface area contributed by atoms with Gasteiger partial charge in [0.2, 0.25) is 11.8 Å². The fourth-order valence-electron chi connectivity index (χ4n) is 2.09. The molecule has 112 valence electrons. The topological polar surface area (TPSA) is 48.2 Å². The molecule has 0 bridgehead atoms. The van der Waals surface area contributed by atoms with E-state index in [1.807, 2.05) is 37.3 Å². The van der Waals surface area contributed by atoms with E-state index in [1.165, 1.54) is 0 Å². The number of ether oxygens (including phenoxy) is 1. The average Bonchev–Trinajstić information content (AvgIpc) is 2.90. The maximum atomic E-state index is 5.82. The lowest BCUT2D eigenvalue weighted by atomic mass is 10.2. The lowest BCUT2D eigenvalue weighted by Gasteiger charge is -2.03. The van der Waals surface area contributed by atoms with Gasteiger partial charge in [0.05, 0.1) is 12.3 Å². The molecule has 4 nitrogen and oxygen atoms in total. The van der Waals surface area contributed by atoms with E-state index in [4.69, 9.17) is 20.8 Å². The first-order chi connectivity index (χ1) is 10.7. The van der Waals surface area contributed by atoms with Crippen molar-refractivity contribution in [1.82, 2.24) is 9.97 Å². The van der Waals surface area contributed by atoms with E-state index in [1.54, 1.807) is 18.2 Å². The summed E-state index contributed by atoms with van der Waals surface area (Å²) in [5.74, 6) is 1.95. The molecule has 0 saturated heterocycles. The molecule has 1 aromatic carbocycles. The number of aryl methyl sites for hydroxylation is 1. The van der Waals surface area contributed by atoms with Crippen LogP contribution in [-0.2, 0) is 6.42 Å².